The molecule has 0 heterocycles. The van der Waals surface area contributed by atoms with Gasteiger partial charge in [0.1, 0.15) is 0 Å². The maximum absolute atomic E-state index is 12.3. The van der Waals surface area contributed by atoms with Gasteiger partial charge in [-0.05, 0) is 58.2 Å². The fourth-order valence-electron chi connectivity index (χ4n) is 2.71. The maximum Gasteiger partial charge on any atom is 0.0975 e. The molecule has 1 aromatic carbocycles. The molecule has 23 heavy (non-hydrogen) atoms. The molecule has 1 aromatic rings. The van der Waals surface area contributed by atoms with Gasteiger partial charge in [0.2, 0.25) is 0 Å². The van der Waals surface area contributed by atoms with Crippen LogP contribution in [0.5, 0.6) is 0 Å². The lowest BCUT2D eigenvalue weighted by Crippen LogP contribution is -2.34. The molecule has 0 unspecified atom stereocenters. The molecule has 0 saturated heterocycles. The second-order valence-electron chi connectivity index (χ2n) is 7.28. The Labute approximate surface area is 156 Å². The van der Waals surface area contributed by atoms with Crippen molar-refractivity contribution in [3.8, 4) is 0 Å². The molecule has 1 aliphatic carbocycles. The minimum Gasteiger partial charge on any atom is -0.242 e. The van der Waals surface area contributed by atoms with Gasteiger partial charge < -0.3 is 0 Å². The minimum atomic E-state index is -1.06. The zero-order valence-electron chi connectivity index (χ0n) is 14.5. The predicted octanol–water partition coefficient (Wildman–Crippen LogP) is 5.99. The minimum absolute atomic E-state index is 0.0539. The average Bonchev–Trinajstić information content (AvgIpc) is 2.47. The standard InChI is InChI=1S/C18H28BrNOS2/c1-13(20-23(21)18(2,3)4)16-11-10-15(12-17(16)19)22-14-8-6-5-7-9-14/h10-14,20H,5-9H2,1-4H3/t13-,23-/m1/s1. The van der Waals surface area contributed by atoms with Gasteiger partial charge in [-0.15, -0.1) is 11.8 Å². The molecule has 2 nitrogen and oxygen atoms in total. The zero-order chi connectivity index (χ0) is 17.0. The van der Waals surface area contributed by atoms with E-state index in [4.69, 9.17) is 0 Å². The normalized spacial score (nSPS) is 19.5. The molecule has 0 aliphatic heterocycles. The Morgan fingerprint density at radius 1 is 1.26 bits per heavy atom. The summed E-state index contributed by atoms with van der Waals surface area (Å²) in [7, 11) is -1.06. The molecule has 0 spiro atoms. The van der Waals surface area contributed by atoms with Crippen LogP contribution >= 0.6 is 27.7 Å². The second kappa shape index (κ2) is 8.50. The van der Waals surface area contributed by atoms with Gasteiger partial charge in [0.15, 0.2) is 0 Å². The Kier molecular flexibility index (Phi) is 7.20. The summed E-state index contributed by atoms with van der Waals surface area (Å²) in [5.41, 5.74) is 1.16. The van der Waals surface area contributed by atoms with Gasteiger partial charge in [0.25, 0.3) is 0 Å². The monoisotopic (exact) mass is 417 g/mol. The van der Waals surface area contributed by atoms with Gasteiger partial charge in [0, 0.05) is 20.7 Å². The van der Waals surface area contributed by atoms with E-state index in [2.05, 4.69) is 45.8 Å². The van der Waals surface area contributed by atoms with E-state index < -0.39 is 11.0 Å². The SMILES string of the molecule is C[C@@H](N[S@](=O)C(C)(C)C)c1ccc(SC2CCCCC2)cc1Br. The molecule has 0 aromatic heterocycles. The number of rotatable bonds is 5. The highest BCUT2D eigenvalue weighted by Gasteiger charge is 2.22. The van der Waals surface area contributed by atoms with Gasteiger partial charge in [0.05, 0.1) is 15.7 Å². The van der Waals surface area contributed by atoms with Crippen LogP contribution in [0.15, 0.2) is 27.6 Å². The number of halogens is 1. The van der Waals surface area contributed by atoms with Crippen LogP contribution < -0.4 is 4.72 Å². The molecule has 1 N–H and O–H groups in total. The molecule has 0 radical (unpaired) electrons. The summed E-state index contributed by atoms with van der Waals surface area (Å²) in [6.07, 6.45) is 6.82. The summed E-state index contributed by atoms with van der Waals surface area (Å²) in [6.45, 7) is 8.03. The molecule has 0 amide bonds. The third-order valence-corrected chi connectivity index (χ3v) is 7.83. The first kappa shape index (κ1) is 19.5. The number of nitrogens with one attached hydrogen (secondary N) is 1. The maximum atomic E-state index is 12.3. The lowest BCUT2D eigenvalue weighted by molar-refractivity contribution is 0.516. The fourth-order valence-corrected chi connectivity index (χ4v) is 5.67. The van der Waals surface area contributed by atoms with Gasteiger partial charge >= 0.3 is 0 Å². The highest BCUT2D eigenvalue weighted by molar-refractivity contribution is 9.10. The summed E-state index contributed by atoms with van der Waals surface area (Å²) >= 11 is 5.71. The highest BCUT2D eigenvalue weighted by Crippen LogP contribution is 2.36. The van der Waals surface area contributed by atoms with Gasteiger partial charge in [-0.2, -0.15) is 0 Å². The van der Waals surface area contributed by atoms with Crippen molar-refractivity contribution in [1.29, 1.82) is 0 Å². The predicted molar refractivity (Wildman–Crippen MR) is 106 cm³/mol. The van der Waals surface area contributed by atoms with Gasteiger partial charge in [-0.1, -0.05) is 41.3 Å². The van der Waals surface area contributed by atoms with Crippen LogP contribution in [0.1, 0.15) is 71.4 Å². The van der Waals surface area contributed by atoms with E-state index in [0.717, 1.165) is 15.3 Å². The van der Waals surface area contributed by atoms with Crippen LogP contribution in [-0.4, -0.2) is 14.2 Å². The van der Waals surface area contributed by atoms with E-state index in [-0.39, 0.29) is 10.8 Å². The van der Waals surface area contributed by atoms with Crippen LogP contribution in [0.3, 0.4) is 0 Å². The lowest BCUT2D eigenvalue weighted by Gasteiger charge is -2.24. The van der Waals surface area contributed by atoms with E-state index >= 15 is 0 Å². The average molecular weight is 418 g/mol. The number of thioether (sulfide) groups is 1. The summed E-state index contributed by atoms with van der Waals surface area (Å²) in [6, 6.07) is 6.63. The number of benzene rings is 1. The smallest absolute Gasteiger partial charge is 0.0975 e. The Hall–Kier alpha value is 0.160. The largest absolute Gasteiger partial charge is 0.242 e. The number of hydrogen-bond donors (Lipinski definition) is 1. The quantitative estimate of drug-likeness (QED) is 0.637. The first-order valence-electron chi connectivity index (χ1n) is 8.41. The molecule has 0 bridgehead atoms. The van der Waals surface area contributed by atoms with Crippen LogP contribution in [0.25, 0.3) is 0 Å². The van der Waals surface area contributed by atoms with Gasteiger partial charge in [-0.25, -0.2) is 8.93 Å². The van der Waals surface area contributed by atoms with Crippen LogP contribution in [0, 0.1) is 0 Å². The summed E-state index contributed by atoms with van der Waals surface area (Å²) in [5, 5.41) is 0.769. The first-order chi connectivity index (χ1) is 10.8. The molecule has 1 saturated carbocycles. The Bertz CT molecular complexity index is 550. The Morgan fingerprint density at radius 3 is 2.48 bits per heavy atom. The molecule has 2 rings (SSSR count). The topological polar surface area (TPSA) is 29.1 Å². The van der Waals surface area contributed by atoms with Crippen LogP contribution in [-0.2, 0) is 11.0 Å². The first-order valence-corrected chi connectivity index (χ1v) is 11.2. The van der Waals surface area contributed by atoms with E-state index in [9.17, 15) is 4.21 Å². The molecular weight excluding hydrogens is 390 g/mol. The molecule has 2 atom stereocenters. The van der Waals surface area contributed by atoms with Crippen molar-refractivity contribution in [3.05, 3.63) is 28.2 Å². The zero-order valence-corrected chi connectivity index (χ0v) is 17.7. The van der Waals surface area contributed by atoms with E-state index in [1.54, 1.807) is 0 Å². The summed E-state index contributed by atoms with van der Waals surface area (Å²) in [5.74, 6) is 0. The summed E-state index contributed by atoms with van der Waals surface area (Å²) < 4.78 is 16.3. The van der Waals surface area contributed by atoms with Crippen LogP contribution in [0.2, 0.25) is 0 Å². The summed E-state index contributed by atoms with van der Waals surface area (Å²) in [4.78, 5) is 1.33. The lowest BCUT2D eigenvalue weighted by atomic mass is 10.0. The fraction of sp³-hybridized carbons (Fsp3) is 0.667. The van der Waals surface area contributed by atoms with Crippen molar-refractivity contribution in [1.82, 2.24) is 4.72 Å². The molecule has 1 fully saturated rings. The van der Waals surface area contributed by atoms with Crippen molar-refractivity contribution in [2.45, 2.75) is 80.7 Å². The van der Waals surface area contributed by atoms with Crippen molar-refractivity contribution in [2.75, 3.05) is 0 Å². The highest BCUT2D eigenvalue weighted by atomic mass is 79.9. The van der Waals surface area contributed by atoms with E-state index in [0.29, 0.717) is 0 Å². The van der Waals surface area contributed by atoms with Crippen molar-refractivity contribution >= 4 is 38.7 Å². The second-order valence-corrected chi connectivity index (χ2v) is 11.5. The van der Waals surface area contributed by atoms with Gasteiger partial charge in [-0.3, -0.25) is 0 Å². The Balaban J connectivity index is 2.02. The molecule has 1 aliphatic rings. The molecule has 5 heteroatoms. The molecular formula is C18H28BrNOS2. The third kappa shape index (κ3) is 5.87. The van der Waals surface area contributed by atoms with Crippen molar-refractivity contribution in [2.24, 2.45) is 0 Å². The van der Waals surface area contributed by atoms with Crippen LogP contribution in [0.4, 0.5) is 0 Å². The van der Waals surface area contributed by atoms with Crippen molar-refractivity contribution in [3.63, 3.8) is 0 Å². The van der Waals surface area contributed by atoms with E-state index in [1.807, 2.05) is 32.5 Å². The Morgan fingerprint density at radius 2 is 1.91 bits per heavy atom. The third-order valence-electron chi connectivity index (χ3n) is 4.13. The molecule has 130 valence electrons. The van der Waals surface area contributed by atoms with E-state index in [1.165, 1.54) is 37.0 Å². The number of hydrogen-bond acceptors (Lipinski definition) is 2. The van der Waals surface area contributed by atoms with Crippen molar-refractivity contribution < 1.29 is 4.21 Å².